The van der Waals surface area contributed by atoms with E-state index < -0.39 is 0 Å². The average Bonchev–Trinajstić information content (AvgIpc) is 2.85. The number of thioether (sulfide) groups is 1. The van der Waals surface area contributed by atoms with Gasteiger partial charge in [0.2, 0.25) is 11.8 Å². The van der Waals surface area contributed by atoms with Gasteiger partial charge in [0.15, 0.2) is 0 Å². The molecule has 0 unspecified atom stereocenters. The van der Waals surface area contributed by atoms with Crippen molar-refractivity contribution in [3.05, 3.63) is 30.2 Å². The maximum Gasteiger partial charge on any atom is 0.248 e. The number of benzene rings is 1. The topological polar surface area (TPSA) is 51.0 Å². The number of nitrogens with zero attached hydrogens (tertiary/aromatic N) is 2. The van der Waals surface area contributed by atoms with Crippen molar-refractivity contribution in [2.24, 2.45) is 0 Å². The van der Waals surface area contributed by atoms with Crippen LogP contribution in [0.3, 0.4) is 0 Å². The lowest BCUT2D eigenvalue weighted by atomic mass is 10.2. The smallest absolute Gasteiger partial charge is 0.248 e. The predicted molar refractivity (Wildman–Crippen MR) is 69.1 cm³/mol. The Morgan fingerprint density at radius 2 is 2.12 bits per heavy atom. The first kappa shape index (κ1) is 12.1. The maximum absolute atomic E-state index is 5.64. The summed E-state index contributed by atoms with van der Waals surface area (Å²) in [4.78, 5) is 1.15. The highest BCUT2D eigenvalue weighted by molar-refractivity contribution is 7.98. The summed E-state index contributed by atoms with van der Waals surface area (Å²) in [6.45, 7) is 0.839. The molecule has 1 N–H and O–H groups in total. The van der Waals surface area contributed by atoms with Crippen molar-refractivity contribution >= 4 is 11.8 Å². The molecule has 0 saturated heterocycles. The van der Waals surface area contributed by atoms with Crippen molar-refractivity contribution in [1.82, 2.24) is 15.5 Å². The summed E-state index contributed by atoms with van der Waals surface area (Å²) in [7, 11) is 1.90. The minimum Gasteiger partial charge on any atom is -0.421 e. The van der Waals surface area contributed by atoms with E-state index in [1.54, 1.807) is 11.8 Å². The summed E-state index contributed by atoms with van der Waals surface area (Å²) in [5.74, 6) is 1.27. The normalized spacial score (nSPS) is 10.7. The van der Waals surface area contributed by atoms with Gasteiger partial charge in [-0.05, 0) is 25.4 Å². The van der Waals surface area contributed by atoms with E-state index in [0.29, 0.717) is 11.8 Å². The van der Waals surface area contributed by atoms with Crippen LogP contribution in [0, 0.1) is 0 Å². The molecule has 1 aromatic carbocycles. The van der Waals surface area contributed by atoms with Gasteiger partial charge in [-0.3, -0.25) is 0 Å². The molecule has 5 heteroatoms. The second-order valence-corrected chi connectivity index (χ2v) is 4.40. The second kappa shape index (κ2) is 5.84. The van der Waals surface area contributed by atoms with Gasteiger partial charge in [0.1, 0.15) is 0 Å². The Balaban J connectivity index is 2.24. The van der Waals surface area contributed by atoms with Crippen LogP contribution in [0.1, 0.15) is 5.89 Å². The van der Waals surface area contributed by atoms with E-state index >= 15 is 0 Å². The molecule has 2 rings (SSSR count). The third kappa shape index (κ3) is 2.87. The zero-order valence-corrected chi connectivity index (χ0v) is 10.8. The van der Waals surface area contributed by atoms with Gasteiger partial charge >= 0.3 is 0 Å². The molecule has 0 amide bonds. The summed E-state index contributed by atoms with van der Waals surface area (Å²) in [5.41, 5.74) is 1.00. The number of aromatic nitrogens is 2. The summed E-state index contributed by atoms with van der Waals surface area (Å²) in [6, 6.07) is 8.04. The minimum absolute atomic E-state index is 0.598. The fourth-order valence-corrected chi connectivity index (χ4v) is 2.11. The average molecular weight is 249 g/mol. The highest BCUT2D eigenvalue weighted by Crippen LogP contribution is 2.28. The molecule has 0 aliphatic rings. The predicted octanol–water partition coefficient (Wildman–Crippen LogP) is 2.22. The van der Waals surface area contributed by atoms with Crippen LogP contribution in [0.4, 0.5) is 0 Å². The Morgan fingerprint density at radius 3 is 2.88 bits per heavy atom. The van der Waals surface area contributed by atoms with Crippen LogP contribution in [0.5, 0.6) is 0 Å². The van der Waals surface area contributed by atoms with Crippen molar-refractivity contribution < 1.29 is 4.42 Å². The maximum atomic E-state index is 5.64. The van der Waals surface area contributed by atoms with Crippen LogP contribution in [-0.4, -0.2) is 30.0 Å². The lowest BCUT2D eigenvalue weighted by molar-refractivity contribution is 0.499. The van der Waals surface area contributed by atoms with Crippen LogP contribution in [0.25, 0.3) is 11.5 Å². The van der Waals surface area contributed by atoms with Crippen LogP contribution in [0.2, 0.25) is 0 Å². The zero-order chi connectivity index (χ0) is 12.1. The molecular formula is C12H15N3OS. The fourth-order valence-electron chi connectivity index (χ4n) is 1.52. The minimum atomic E-state index is 0.598. The SMILES string of the molecule is CNCCc1nnc(-c2ccccc2SC)o1. The van der Waals surface area contributed by atoms with Crippen molar-refractivity contribution in [3.8, 4) is 11.5 Å². The van der Waals surface area contributed by atoms with Gasteiger partial charge in [-0.2, -0.15) is 0 Å². The first-order valence-electron chi connectivity index (χ1n) is 5.45. The van der Waals surface area contributed by atoms with E-state index in [9.17, 15) is 0 Å². The van der Waals surface area contributed by atoms with Crippen LogP contribution in [-0.2, 0) is 6.42 Å². The molecule has 0 saturated carbocycles. The molecule has 0 bridgehead atoms. The molecule has 1 aromatic heterocycles. The van der Waals surface area contributed by atoms with Gasteiger partial charge in [0.25, 0.3) is 0 Å². The van der Waals surface area contributed by atoms with E-state index in [2.05, 4.69) is 21.6 Å². The van der Waals surface area contributed by atoms with Crippen LogP contribution in [0.15, 0.2) is 33.6 Å². The van der Waals surface area contributed by atoms with Gasteiger partial charge < -0.3 is 9.73 Å². The number of hydrogen-bond donors (Lipinski definition) is 1. The van der Waals surface area contributed by atoms with Crippen LogP contribution >= 0.6 is 11.8 Å². The Kier molecular flexibility index (Phi) is 4.17. The first-order chi connectivity index (χ1) is 8.35. The molecule has 0 atom stereocenters. The highest BCUT2D eigenvalue weighted by Gasteiger charge is 2.11. The van der Waals surface area contributed by atoms with Gasteiger partial charge in [-0.15, -0.1) is 22.0 Å². The number of hydrogen-bond acceptors (Lipinski definition) is 5. The lowest BCUT2D eigenvalue weighted by Crippen LogP contribution is -2.10. The van der Waals surface area contributed by atoms with Crippen molar-refractivity contribution in [3.63, 3.8) is 0 Å². The molecule has 0 aliphatic heterocycles. The quantitative estimate of drug-likeness (QED) is 0.823. The lowest BCUT2D eigenvalue weighted by Gasteiger charge is -2.01. The zero-order valence-electron chi connectivity index (χ0n) is 9.93. The molecule has 0 fully saturated rings. The van der Waals surface area contributed by atoms with Gasteiger partial charge in [-0.25, -0.2) is 0 Å². The van der Waals surface area contributed by atoms with E-state index in [0.717, 1.165) is 23.4 Å². The van der Waals surface area contributed by atoms with E-state index in [4.69, 9.17) is 4.42 Å². The third-order valence-corrected chi connectivity index (χ3v) is 3.19. The van der Waals surface area contributed by atoms with E-state index in [1.165, 1.54) is 0 Å². The molecule has 17 heavy (non-hydrogen) atoms. The van der Waals surface area contributed by atoms with E-state index in [1.807, 2.05) is 31.5 Å². The summed E-state index contributed by atoms with van der Waals surface area (Å²) < 4.78 is 5.64. The summed E-state index contributed by atoms with van der Waals surface area (Å²) in [5, 5.41) is 11.2. The van der Waals surface area contributed by atoms with E-state index in [-0.39, 0.29) is 0 Å². The monoisotopic (exact) mass is 249 g/mol. The number of rotatable bonds is 5. The number of nitrogens with one attached hydrogen (secondary N) is 1. The summed E-state index contributed by atoms with van der Waals surface area (Å²) in [6.07, 6.45) is 2.79. The first-order valence-corrected chi connectivity index (χ1v) is 6.68. The molecule has 0 spiro atoms. The van der Waals surface area contributed by atoms with Gasteiger partial charge in [0.05, 0.1) is 5.56 Å². The van der Waals surface area contributed by atoms with Crippen molar-refractivity contribution in [2.75, 3.05) is 19.8 Å². The van der Waals surface area contributed by atoms with Crippen molar-refractivity contribution in [1.29, 1.82) is 0 Å². The summed E-state index contributed by atoms with van der Waals surface area (Å²) >= 11 is 1.68. The molecule has 0 aliphatic carbocycles. The molecule has 4 nitrogen and oxygen atoms in total. The largest absolute Gasteiger partial charge is 0.421 e. The molecule has 1 heterocycles. The van der Waals surface area contributed by atoms with Gasteiger partial charge in [0, 0.05) is 17.9 Å². The Bertz CT molecular complexity index is 484. The van der Waals surface area contributed by atoms with Crippen molar-refractivity contribution in [2.45, 2.75) is 11.3 Å². The second-order valence-electron chi connectivity index (χ2n) is 3.55. The Hall–Kier alpha value is -1.33. The highest BCUT2D eigenvalue weighted by atomic mass is 32.2. The Labute approximate surface area is 105 Å². The molecule has 90 valence electrons. The molecule has 0 radical (unpaired) electrons. The van der Waals surface area contributed by atoms with Gasteiger partial charge in [-0.1, -0.05) is 12.1 Å². The Morgan fingerprint density at radius 1 is 1.29 bits per heavy atom. The fraction of sp³-hybridized carbons (Fsp3) is 0.333. The van der Waals surface area contributed by atoms with Crippen LogP contribution < -0.4 is 5.32 Å². The molecular weight excluding hydrogens is 234 g/mol. The number of likely N-dealkylation sites (N-methyl/N-ethyl adjacent to an activating group) is 1. The standard InChI is InChI=1S/C12H15N3OS/c1-13-8-7-11-14-15-12(16-11)9-5-3-4-6-10(9)17-2/h3-6,13H,7-8H2,1-2H3. The third-order valence-electron chi connectivity index (χ3n) is 2.39. The molecule has 2 aromatic rings.